The summed E-state index contributed by atoms with van der Waals surface area (Å²) in [7, 11) is 1.38. The molecule has 3 atom stereocenters. The topological polar surface area (TPSA) is 124 Å². The summed E-state index contributed by atoms with van der Waals surface area (Å²) in [5, 5.41) is 13.8. The molecule has 164 valence electrons. The van der Waals surface area contributed by atoms with Gasteiger partial charge in [-0.15, -0.1) is 0 Å². The lowest BCUT2D eigenvalue weighted by atomic mass is 10.0. The molecule has 1 aromatic carbocycles. The van der Waals surface area contributed by atoms with Crippen LogP contribution in [-0.2, 0) is 14.3 Å². The molecule has 0 radical (unpaired) electrons. The number of para-hydroxylation sites is 1. The monoisotopic (exact) mass is 418 g/mol. The van der Waals surface area contributed by atoms with Crippen molar-refractivity contribution in [2.45, 2.75) is 38.0 Å². The first-order valence-electron chi connectivity index (χ1n) is 10.3. The molecule has 2 aliphatic heterocycles. The smallest absolute Gasteiger partial charge is 0.314 e. The molecule has 0 spiro atoms. The summed E-state index contributed by atoms with van der Waals surface area (Å²) in [5.41, 5.74) is 4.24. The molecule has 2 aliphatic rings. The van der Waals surface area contributed by atoms with E-state index < -0.39 is 0 Å². The molecule has 3 unspecified atom stereocenters. The third kappa shape index (κ3) is 5.83. The number of esters is 1. The van der Waals surface area contributed by atoms with Gasteiger partial charge in [-0.05, 0) is 25.0 Å². The van der Waals surface area contributed by atoms with Crippen LogP contribution in [0, 0.1) is 5.92 Å². The number of carbonyl (C=O) groups is 3. The first-order valence-corrected chi connectivity index (χ1v) is 10.3. The largest absolute Gasteiger partial charge is 0.469 e. The highest BCUT2D eigenvalue weighted by Crippen LogP contribution is 2.24. The highest BCUT2D eigenvalue weighted by Gasteiger charge is 2.44. The molecule has 3 amide bonds. The third-order valence-corrected chi connectivity index (χ3v) is 5.24. The van der Waals surface area contributed by atoms with Crippen molar-refractivity contribution in [1.29, 1.82) is 0 Å². The number of benzene rings is 1. The van der Waals surface area contributed by atoms with Gasteiger partial charge in [0.1, 0.15) is 6.17 Å². The van der Waals surface area contributed by atoms with Crippen LogP contribution < -0.4 is 31.7 Å². The van der Waals surface area contributed by atoms with Crippen molar-refractivity contribution in [3.8, 4) is 0 Å². The molecule has 0 bridgehead atoms. The summed E-state index contributed by atoms with van der Waals surface area (Å²) in [5.74, 6) is -0.462. The first kappa shape index (κ1) is 21.8. The Morgan fingerprint density at radius 3 is 2.73 bits per heavy atom. The average Bonchev–Trinajstić information content (AvgIpc) is 3.19. The molecule has 10 heteroatoms. The SMILES string of the molecule is COC(=O)CCCCCNC(=O)NCC1NC(=O)C2CNN(c3ccccc3)C2N1. The Morgan fingerprint density at radius 2 is 1.97 bits per heavy atom. The van der Waals surface area contributed by atoms with Gasteiger partial charge in [-0.25, -0.2) is 10.2 Å². The quantitative estimate of drug-likeness (QED) is 0.283. The van der Waals surface area contributed by atoms with Gasteiger partial charge in [-0.1, -0.05) is 24.6 Å². The van der Waals surface area contributed by atoms with Crippen molar-refractivity contribution >= 4 is 23.6 Å². The molecule has 30 heavy (non-hydrogen) atoms. The third-order valence-electron chi connectivity index (χ3n) is 5.24. The van der Waals surface area contributed by atoms with Gasteiger partial charge in [0.15, 0.2) is 0 Å². The van der Waals surface area contributed by atoms with Gasteiger partial charge in [-0.2, -0.15) is 0 Å². The maximum absolute atomic E-state index is 12.5. The van der Waals surface area contributed by atoms with E-state index >= 15 is 0 Å². The lowest BCUT2D eigenvalue weighted by Gasteiger charge is -2.37. The number of nitrogens with one attached hydrogen (secondary N) is 5. The van der Waals surface area contributed by atoms with Crippen LogP contribution in [0.4, 0.5) is 10.5 Å². The summed E-state index contributed by atoms with van der Waals surface area (Å²) < 4.78 is 4.59. The lowest BCUT2D eigenvalue weighted by molar-refractivity contribution is -0.140. The molecule has 10 nitrogen and oxygen atoms in total. The van der Waals surface area contributed by atoms with Crippen LogP contribution in [0.3, 0.4) is 0 Å². The highest BCUT2D eigenvalue weighted by atomic mass is 16.5. The number of ether oxygens (including phenoxy) is 1. The minimum atomic E-state index is -0.365. The summed E-state index contributed by atoms with van der Waals surface area (Å²) in [6.07, 6.45) is 2.20. The number of hydrazine groups is 1. The van der Waals surface area contributed by atoms with Crippen LogP contribution in [-0.4, -0.2) is 57.0 Å². The molecule has 0 saturated carbocycles. The lowest BCUT2D eigenvalue weighted by Crippen LogP contribution is -2.67. The molecule has 0 aromatic heterocycles. The van der Waals surface area contributed by atoms with E-state index in [-0.39, 0.29) is 42.7 Å². The van der Waals surface area contributed by atoms with Gasteiger partial charge in [0.05, 0.1) is 31.4 Å². The number of rotatable bonds is 9. The summed E-state index contributed by atoms with van der Waals surface area (Å²) in [4.78, 5) is 35.5. The van der Waals surface area contributed by atoms with Crippen molar-refractivity contribution in [2.75, 3.05) is 31.8 Å². The molecular weight excluding hydrogens is 388 g/mol. The minimum Gasteiger partial charge on any atom is -0.469 e. The number of urea groups is 1. The Labute approximate surface area is 176 Å². The van der Waals surface area contributed by atoms with Crippen LogP contribution >= 0.6 is 0 Å². The van der Waals surface area contributed by atoms with E-state index in [0.29, 0.717) is 19.5 Å². The fourth-order valence-corrected chi connectivity index (χ4v) is 3.62. The van der Waals surface area contributed by atoms with Crippen LogP contribution in [0.25, 0.3) is 0 Å². The second-order valence-corrected chi connectivity index (χ2v) is 7.37. The molecular formula is C20H30N6O4. The molecule has 5 N–H and O–H groups in total. The van der Waals surface area contributed by atoms with E-state index in [4.69, 9.17) is 0 Å². The van der Waals surface area contributed by atoms with Crippen molar-refractivity contribution in [1.82, 2.24) is 26.7 Å². The number of amides is 3. The normalized spacial score (nSPS) is 22.8. The maximum Gasteiger partial charge on any atom is 0.314 e. The molecule has 1 aromatic rings. The Hall–Kier alpha value is -2.85. The summed E-state index contributed by atoms with van der Waals surface area (Å²) in [6.45, 7) is 1.34. The van der Waals surface area contributed by atoms with Crippen molar-refractivity contribution in [2.24, 2.45) is 5.92 Å². The van der Waals surface area contributed by atoms with Gasteiger partial charge < -0.3 is 20.7 Å². The van der Waals surface area contributed by atoms with Crippen LogP contribution in [0.1, 0.15) is 25.7 Å². The fraction of sp³-hybridized carbons (Fsp3) is 0.550. The number of unbranched alkanes of at least 4 members (excludes halogenated alkanes) is 2. The zero-order valence-electron chi connectivity index (χ0n) is 17.1. The van der Waals surface area contributed by atoms with E-state index in [0.717, 1.165) is 24.9 Å². The standard InChI is InChI=1S/C20H30N6O4/c1-30-17(27)10-6-3-7-11-21-20(29)22-13-16-24-18-15(19(28)25-16)12-23-26(18)14-8-4-2-5-9-14/h2,4-5,8-9,15-16,18,23-24H,3,6-7,10-13H2,1H3,(H,25,28)(H2,21,22,29). The maximum atomic E-state index is 12.5. The van der Waals surface area contributed by atoms with Crippen molar-refractivity contribution in [3.05, 3.63) is 30.3 Å². The van der Waals surface area contributed by atoms with E-state index in [1.165, 1.54) is 7.11 Å². The average molecular weight is 418 g/mol. The van der Waals surface area contributed by atoms with Gasteiger partial charge in [0.25, 0.3) is 0 Å². The fourth-order valence-electron chi connectivity index (χ4n) is 3.62. The van der Waals surface area contributed by atoms with Crippen LogP contribution in [0.2, 0.25) is 0 Å². The minimum absolute atomic E-state index is 0.0394. The van der Waals surface area contributed by atoms with E-state index in [1.807, 2.05) is 35.3 Å². The van der Waals surface area contributed by atoms with Gasteiger partial charge in [0.2, 0.25) is 5.91 Å². The van der Waals surface area contributed by atoms with E-state index in [2.05, 4.69) is 31.4 Å². The number of fused-ring (bicyclic) bond motifs is 1. The number of hydrogen-bond acceptors (Lipinski definition) is 7. The highest BCUT2D eigenvalue weighted by molar-refractivity contribution is 5.82. The second-order valence-electron chi connectivity index (χ2n) is 7.37. The van der Waals surface area contributed by atoms with Crippen molar-refractivity contribution < 1.29 is 19.1 Å². The van der Waals surface area contributed by atoms with Gasteiger partial charge in [0, 0.05) is 19.5 Å². The van der Waals surface area contributed by atoms with E-state index in [1.54, 1.807) is 0 Å². The summed E-state index contributed by atoms with van der Waals surface area (Å²) in [6, 6.07) is 9.52. The van der Waals surface area contributed by atoms with Gasteiger partial charge >= 0.3 is 12.0 Å². The number of anilines is 1. The predicted octanol–water partition coefficient (Wildman–Crippen LogP) is 0.0316. The van der Waals surface area contributed by atoms with Crippen LogP contribution in [0.5, 0.6) is 0 Å². The Morgan fingerprint density at radius 1 is 1.17 bits per heavy atom. The molecule has 0 aliphatic carbocycles. The zero-order chi connectivity index (χ0) is 21.3. The Balaban J connectivity index is 1.38. The van der Waals surface area contributed by atoms with Crippen molar-refractivity contribution in [3.63, 3.8) is 0 Å². The predicted molar refractivity (Wildman–Crippen MR) is 111 cm³/mol. The molecule has 2 saturated heterocycles. The Kier molecular flexibility index (Phi) is 7.86. The van der Waals surface area contributed by atoms with Gasteiger partial charge in [-0.3, -0.25) is 19.9 Å². The zero-order valence-corrected chi connectivity index (χ0v) is 17.1. The second kappa shape index (κ2) is 10.8. The Bertz CT molecular complexity index is 731. The number of carbonyl (C=O) groups excluding carboxylic acids is 3. The number of nitrogens with zero attached hydrogens (tertiary/aromatic N) is 1. The molecule has 2 fully saturated rings. The number of hydrogen-bond donors (Lipinski definition) is 5. The first-order chi connectivity index (χ1) is 14.6. The summed E-state index contributed by atoms with van der Waals surface area (Å²) >= 11 is 0. The molecule has 2 heterocycles. The number of methoxy groups -OCH3 is 1. The van der Waals surface area contributed by atoms with E-state index in [9.17, 15) is 14.4 Å². The molecule has 3 rings (SSSR count). The van der Waals surface area contributed by atoms with Crippen LogP contribution in [0.15, 0.2) is 30.3 Å².